The zero-order valence-electron chi connectivity index (χ0n) is 13.3. The Labute approximate surface area is 139 Å². The fourth-order valence-corrected chi connectivity index (χ4v) is 2.11. The predicted molar refractivity (Wildman–Crippen MR) is 88.4 cm³/mol. The minimum absolute atomic E-state index is 0.0120. The van der Waals surface area contributed by atoms with Gasteiger partial charge in [-0.2, -0.15) is 0 Å². The van der Waals surface area contributed by atoms with E-state index < -0.39 is 11.7 Å². The predicted octanol–water partition coefficient (Wildman–Crippen LogP) is 1.92. The van der Waals surface area contributed by atoms with E-state index in [1.54, 1.807) is 25.3 Å². The summed E-state index contributed by atoms with van der Waals surface area (Å²) in [5.41, 5.74) is 0.853. The van der Waals surface area contributed by atoms with Crippen molar-refractivity contribution in [2.45, 2.75) is 6.42 Å². The maximum Gasteiger partial charge on any atom is 0.254 e. The van der Waals surface area contributed by atoms with E-state index in [2.05, 4.69) is 10.6 Å². The van der Waals surface area contributed by atoms with Crippen molar-refractivity contribution in [2.24, 2.45) is 0 Å². The van der Waals surface area contributed by atoms with Crippen LogP contribution in [0.15, 0.2) is 48.5 Å². The van der Waals surface area contributed by atoms with Crippen molar-refractivity contribution < 1.29 is 18.7 Å². The molecule has 0 spiro atoms. The molecule has 0 bridgehead atoms. The van der Waals surface area contributed by atoms with Gasteiger partial charge in [0.25, 0.3) is 5.91 Å². The zero-order chi connectivity index (χ0) is 17.4. The SMILES string of the molecule is COc1ccc(CC(=O)NCCNC(=O)c2ccccc2F)cc1. The molecule has 2 rings (SSSR count). The van der Waals surface area contributed by atoms with Gasteiger partial charge in [-0.1, -0.05) is 24.3 Å². The number of carbonyl (C=O) groups excluding carboxylic acids is 2. The molecular weight excluding hydrogens is 311 g/mol. The molecule has 0 aromatic heterocycles. The first-order valence-electron chi connectivity index (χ1n) is 7.52. The average molecular weight is 330 g/mol. The maximum absolute atomic E-state index is 13.4. The third-order valence-corrected chi connectivity index (χ3v) is 3.37. The van der Waals surface area contributed by atoms with Gasteiger partial charge >= 0.3 is 0 Å². The molecule has 0 saturated carbocycles. The van der Waals surface area contributed by atoms with Gasteiger partial charge in [-0.15, -0.1) is 0 Å². The Morgan fingerprint density at radius 3 is 2.33 bits per heavy atom. The summed E-state index contributed by atoms with van der Waals surface area (Å²) in [6.45, 7) is 0.497. The minimum atomic E-state index is -0.571. The fourth-order valence-electron chi connectivity index (χ4n) is 2.11. The van der Waals surface area contributed by atoms with Crippen molar-refractivity contribution in [1.29, 1.82) is 0 Å². The highest BCUT2D eigenvalue weighted by Crippen LogP contribution is 2.11. The van der Waals surface area contributed by atoms with E-state index in [0.717, 1.165) is 11.3 Å². The molecule has 0 aliphatic heterocycles. The zero-order valence-corrected chi connectivity index (χ0v) is 13.3. The molecule has 0 fully saturated rings. The Hall–Kier alpha value is -2.89. The quantitative estimate of drug-likeness (QED) is 0.762. The lowest BCUT2D eigenvalue weighted by Gasteiger charge is -2.08. The van der Waals surface area contributed by atoms with Gasteiger partial charge in [0.05, 0.1) is 19.1 Å². The molecule has 0 heterocycles. The molecule has 2 N–H and O–H groups in total. The summed E-state index contributed by atoms with van der Waals surface area (Å²) in [6.07, 6.45) is 0.241. The lowest BCUT2D eigenvalue weighted by atomic mass is 10.1. The Morgan fingerprint density at radius 1 is 1.00 bits per heavy atom. The Kier molecular flexibility index (Phi) is 6.31. The van der Waals surface area contributed by atoms with Gasteiger partial charge in [0.1, 0.15) is 11.6 Å². The summed E-state index contributed by atoms with van der Waals surface area (Å²) in [6, 6.07) is 13.0. The molecule has 6 heteroatoms. The third-order valence-electron chi connectivity index (χ3n) is 3.37. The number of amides is 2. The summed E-state index contributed by atoms with van der Waals surface area (Å²) in [5, 5.41) is 5.27. The summed E-state index contributed by atoms with van der Waals surface area (Å²) >= 11 is 0. The molecule has 5 nitrogen and oxygen atoms in total. The first-order valence-corrected chi connectivity index (χ1v) is 7.52. The van der Waals surface area contributed by atoms with Gasteiger partial charge in [-0.3, -0.25) is 9.59 Å². The second-order valence-electron chi connectivity index (χ2n) is 5.11. The number of nitrogens with one attached hydrogen (secondary N) is 2. The molecule has 0 unspecified atom stereocenters. The smallest absolute Gasteiger partial charge is 0.254 e. The van der Waals surface area contributed by atoms with Crippen LogP contribution in [0.2, 0.25) is 0 Å². The lowest BCUT2D eigenvalue weighted by Crippen LogP contribution is -2.35. The summed E-state index contributed by atoms with van der Waals surface area (Å²) < 4.78 is 18.5. The van der Waals surface area contributed by atoms with E-state index in [9.17, 15) is 14.0 Å². The standard InChI is InChI=1S/C18H19FN2O3/c1-24-14-8-6-13(7-9-14)12-17(22)20-10-11-21-18(23)15-4-2-3-5-16(15)19/h2-9H,10-12H2,1H3,(H,20,22)(H,21,23). The van der Waals surface area contributed by atoms with E-state index in [-0.39, 0.29) is 31.0 Å². The highest BCUT2D eigenvalue weighted by Gasteiger charge is 2.10. The van der Waals surface area contributed by atoms with Crippen LogP contribution in [0.5, 0.6) is 5.75 Å². The molecule has 0 saturated heterocycles. The lowest BCUT2D eigenvalue weighted by molar-refractivity contribution is -0.120. The van der Waals surface area contributed by atoms with Crippen LogP contribution in [0.3, 0.4) is 0 Å². The molecule has 24 heavy (non-hydrogen) atoms. The second kappa shape index (κ2) is 8.67. The van der Waals surface area contributed by atoms with Crippen molar-refractivity contribution in [3.63, 3.8) is 0 Å². The van der Waals surface area contributed by atoms with Crippen LogP contribution in [0, 0.1) is 5.82 Å². The van der Waals surface area contributed by atoms with Crippen LogP contribution in [-0.4, -0.2) is 32.0 Å². The van der Waals surface area contributed by atoms with E-state index >= 15 is 0 Å². The van der Waals surface area contributed by atoms with E-state index in [1.165, 1.54) is 18.2 Å². The number of rotatable bonds is 7. The van der Waals surface area contributed by atoms with Crippen molar-refractivity contribution in [2.75, 3.05) is 20.2 Å². The topological polar surface area (TPSA) is 67.4 Å². The molecule has 0 aliphatic carbocycles. The molecule has 126 valence electrons. The van der Waals surface area contributed by atoms with Gasteiger partial charge in [0, 0.05) is 13.1 Å². The summed E-state index contributed by atoms with van der Waals surface area (Å²) in [5.74, 6) is -0.494. The van der Waals surface area contributed by atoms with E-state index in [1.807, 2.05) is 12.1 Å². The molecule has 0 atom stereocenters. The van der Waals surface area contributed by atoms with Crippen LogP contribution < -0.4 is 15.4 Å². The van der Waals surface area contributed by atoms with Crippen molar-refractivity contribution in [3.05, 3.63) is 65.5 Å². The molecule has 2 aromatic carbocycles. The van der Waals surface area contributed by atoms with Crippen molar-refractivity contribution in [3.8, 4) is 5.75 Å². The van der Waals surface area contributed by atoms with Gasteiger partial charge in [0.15, 0.2) is 0 Å². The summed E-state index contributed by atoms with van der Waals surface area (Å²) in [7, 11) is 1.58. The molecular formula is C18H19FN2O3. The Bertz CT molecular complexity index is 702. The maximum atomic E-state index is 13.4. The minimum Gasteiger partial charge on any atom is -0.497 e. The largest absolute Gasteiger partial charge is 0.497 e. The molecule has 0 aliphatic rings. The second-order valence-corrected chi connectivity index (χ2v) is 5.11. The van der Waals surface area contributed by atoms with Gasteiger partial charge in [0.2, 0.25) is 5.91 Å². The summed E-state index contributed by atoms with van der Waals surface area (Å²) in [4.78, 5) is 23.6. The highest BCUT2D eigenvalue weighted by molar-refractivity contribution is 5.94. The van der Waals surface area contributed by atoms with Crippen LogP contribution in [0.4, 0.5) is 4.39 Å². The Morgan fingerprint density at radius 2 is 1.67 bits per heavy atom. The first kappa shape index (κ1) is 17.5. The number of ether oxygens (including phenoxy) is 1. The van der Waals surface area contributed by atoms with Crippen LogP contribution in [-0.2, 0) is 11.2 Å². The van der Waals surface area contributed by atoms with Gasteiger partial charge in [-0.05, 0) is 29.8 Å². The average Bonchev–Trinajstić information content (AvgIpc) is 2.59. The van der Waals surface area contributed by atoms with Gasteiger partial charge < -0.3 is 15.4 Å². The van der Waals surface area contributed by atoms with Gasteiger partial charge in [-0.25, -0.2) is 4.39 Å². The number of carbonyl (C=O) groups is 2. The number of hydrogen-bond acceptors (Lipinski definition) is 3. The van der Waals surface area contributed by atoms with Crippen molar-refractivity contribution >= 4 is 11.8 Å². The first-order chi connectivity index (χ1) is 11.6. The van der Waals surface area contributed by atoms with Crippen LogP contribution >= 0.6 is 0 Å². The van der Waals surface area contributed by atoms with Crippen molar-refractivity contribution in [1.82, 2.24) is 10.6 Å². The van der Waals surface area contributed by atoms with E-state index in [4.69, 9.17) is 4.74 Å². The number of halogens is 1. The molecule has 2 amide bonds. The van der Waals surface area contributed by atoms with Crippen LogP contribution in [0.1, 0.15) is 15.9 Å². The highest BCUT2D eigenvalue weighted by atomic mass is 19.1. The monoisotopic (exact) mass is 330 g/mol. The van der Waals surface area contributed by atoms with E-state index in [0.29, 0.717) is 0 Å². The normalized spacial score (nSPS) is 10.1. The number of hydrogen-bond donors (Lipinski definition) is 2. The number of benzene rings is 2. The van der Waals surface area contributed by atoms with Crippen LogP contribution in [0.25, 0.3) is 0 Å². The molecule has 2 aromatic rings. The Balaban J connectivity index is 1.70. The third kappa shape index (κ3) is 5.08. The fraction of sp³-hybridized carbons (Fsp3) is 0.222. The number of methoxy groups -OCH3 is 1. The molecule has 0 radical (unpaired) electrons.